The van der Waals surface area contributed by atoms with Crippen LogP contribution in [-0.4, -0.2) is 47.6 Å². The Hall–Kier alpha value is -1.88. The van der Waals surface area contributed by atoms with Crippen LogP contribution >= 0.6 is 0 Å². The van der Waals surface area contributed by atoms with Crippen LogP contribution in [0.2, 0.25) is 0 Å². The molecule has 0 aromatic heterocycles. The molecule has 0 saturated carbocycles. The largest absolute Gasteiger partial charge is 0.396 e. The minimum Gasteiger partial charge on any atom is -0.396 e. The van der Waals surface area contributed by atoms with Crippen molar-refractivity contribution in [2.75, 3.05) is 19.7 Å². The first-order chi connectivity index (χ1) is 10.5. The summed E-state index contributed by atoms with van der Waals surface area (Å²) in [6, 6.07) is 8.78. The molecule has 0 aliphatic carbocycles. The van der Waals surface area contributed by atoms with Crippen molar-refractivity contribution in [2.24, 2.45) is 11.8 Å². The molecule has 0 bridgehead atoms. The number of nitrogens with one attached hydrogen (secondary N) is 1. The molecular formula is C17H24N2O3. The molecule has 2 amide bonds. The monoisotopic (exact) mass is 304 g/mol. The SMILES string of the molecule is CC(C)CC(=O)N1C[C@@H](CO)[C@H](NC(=O)c2ccccc2)C1. The highest BCUT2D eigenvalue weighted by molar-refractivity contribution is 5.94. The van der Waals surface area contributed by atoms with E-state index in [-0.39, 0.29) is 30.4 Å². The zero-order chi connectivity index (χ0) is 16.1. The second-order valence-electron chi connectivity index (χ2n) is 6.29. The second kappa shape index (κ2) is 7.40. The Morgan fingerprint density at radius 2 is 1.95 bits per heavy atom. The van der Waals surface area contributed by atoms with E-state index in [0.717, 1.165) is 0 Å². The summed E-state index contributed by atoms with van der Waals surface area (Å²) in [6.45, 7) is 4.95. The van der Waals surface area contributed by atoms with Crippen molar-refractivity contribution in [2.45, 2.75) is 26.3 Å². The number of likely N-dealkylation sites (tertiary alicyclic amines) is 1. The van der Waals surface area contributed by atoms with E-state index in [9.17, 15) is 14.7 Å². The fraction of sp³-hybridized carbons (Fsp3) is 0.529. The topological polar surface area (TPSA) is 69.6 Å². The van der Waals surface area contributed by atoms with Gasteiger partial charge < -0.3 is 15.3 Å². The Labute approximate surface area is 131 Å². The highest BCUT2D eigenvalue weighted by Crippen LogP contribution is 2.19. The van der Waals surface area contributed by atoms with Crippen molar-refractivity contribution in [3.8, 4) is 0 Å². The standard InChI is InChI=1S/C17H24N2O3/c1-12(2)8-16(21)19-9-14(11-20)15(10-19)18-17(22)13-6-4-3-5-7-13/h3-7,12,14-15,20H,8-11H2,1-2H3,(H,18,22)/t14-,15+/m0/s1. The van der Waals surface area contributed by atoms with Gasteiger partial charge in [0, 0.05) is 37.6 Å². The quantitative estimate of drug-likeness (QED) is 0.861. The van der Waals surface area contributed by atoms with Crippen LogP contribution in [0.5, 0.6) is 0 Å². The Bertz CT molecular complexity index is 516. The molecule has 1 aromatic rings. The Balaban J connectivity index is 1.98. The van der Waals surface area contributed by atoms with Gasteiger partial charge in [-0.1, -0.05) is 32.0 Å². The smallest absolute Gasteiger partial charge is 0.251 e. The number of hydrogen-bond donors (Lipinski definition) is 2. The highest BCUT2D eigenvalue weighted by atomic mass is 16.3. The molecule has 2 N–H and O–H groups in total. The summed E-state index contributed by atoms with van der Waals surface area (Å²) in [5, 5.41) is 12.5. The molecule has 1 aliphatic heterocycles. The summed E-state index contributed by atoms with van der Waals surface area (Å²) >= 11 is 0. The summed E-state index contributed by atoms with van der Waals surface area (Å²) in [7, 11) is 0. The van der Waals surface area contributed by atoms with Crippen LogP contribution in [0.1, 0.15) is 30.6 Å². The molecule has 2 atom stereocenters. The Kier molecular flexibility index (Phi) is 5.55. The molecule has 1 aliphatic rings. The molecule has 22 heavy (non-hydrogen) atoms. The lowest BCUT2D eigenvalue weighted by atomic mass is 10.0. The van der Waals surface area contributed by atoms with Crippen LogP contribution in [0.4, 0.5) is 0 Å². The van der Waals surface area contributed by atoms with Crippen LogP contribution in [0.15, 0.2) is 30.3 Å². The number of rotatable bonds is 5. The highest BCUT2D eigenvalue weighted by Gasteiger charge is 2.35. The number of aliphatic hydroxyl groups excluding tert-OH is 1. The molecule has 1 aromatic carbocycles. The van der Waals surface area contributed by atoms with Crippen molar-refractivity contribution in [1.29, 1.82) is 0 Å². The summed E-state index contributed by atoms with van der Waals surface area (Å²) < 4.78 is 0. The summed E-state index contributed by atoms with van der Waals surface area (Å²) in [4.78, 5) is 26.1. The van der Waals surface area contributed by atoms with E-state index in [1.165, 1.54) is 0 Å². The molecule has 0 spiro atoms. The van der Waals surface area contributed by atoms with Gasteiger partial charge in [0.05, 0.1) is 6.04 Å². The van der Waals surface area contributed by atoms with E-state index in [1.54, 1.807) is 17.0 Å². The summed E-state index contributed by atoms with van der Waals surface area (Å²) in [5.74, 6) is 0.119. The van der Waals surface area contributed by atoms with Gasteiger partial charge in [-0.05, 0) is 18.1 Å². The van der Waals surface area contributed by atoms with Gasteiger partial charge in [-0.25, -0.2) is 0 Å². The second-order valence-corrected chi connectivity index (χ2v) is 6.29. The van der Waals surface area contributed by atoms with Crippen molar-refractivity contribution in [3.05, 3.63) is 35.9 Å². The molecule has 2 rings (SSSR count). The van der Waals surface area contributed by atoms with Gasteiger partial charge in [0.15, 0.2) is 0 Å². The average molecular weight is 304 g/mol. The third kappa shape index (κ3) is 4.07. The molecule has 1 heterocycles. The molecule has 120 valence electrons. The number of amides is 2. The lowest BCUT2D eigenvalue weighted by molar-refractivity contribution is -0.131. The minimum atomic E-state index is -0.200. The maximum atomic E-state index is 12.2. The lowest BCUT2D eigenvalue weighted by Gasteiger charge is -2.18. The molecule has 0 unspecified atom stereocenters. The fourth-order valence-electron chi connectivity index (χ4n) is 2.74. The molecule has 1 fully saturated rings. The predicted octanol–water partition coefficient (Wildman–Crippen LogP) is 1.28. The van der Waals surface area contributed by atoms with E-state index >= 15 is 0 Å². The van der Waals surface area contributed by atoms with E-state index in [1.807, 2.05) is 32.0 Å². The van der Waals surface area contributed by atoms with Crippen LogP contribution < -0.4 is 5.32 Å². The van der Waals surface area contributed by atoms with Gasteiger partial charge in [-0.15, -0.1) is 0 Å². The number of aliphatic hydroxyl groups is 1. The third-order valence-corrected chi connectivity index (χ3v) is 3.96. The maximum absolute atomic E-state index is 12.2. The van der Waals surface area contributed by atoms with Crippen LogP contribution in [0, 0.1) is 11.8 Å². The number of carbonyl (C=O) groups excluding carboxylic acids is 2. The van der Waals surface area contributed by atoms with Crippen LogP contribution in [0.25, 0.3) is 0 Å². The molecule has 0 radical (unpaired) electrons. The lowest BCUT2D eigenvalue weighted by Crippen LogP contribution is -2.42. The van der Waals surface area contributed by atoms with Crippen molar-refractivity contribution < 1.29 is 14.7 Å². The first kappa shape index (κ1) is 16.5. The van der Waals surface area contributed by atoms with E-state index < -0.39 is 0 Å². The molecular weight excluding hydrogens is 280 g/mol. The normalized spacial score (nSPS) is 21.2. The first-order valence-corrected chi connectivity index (χ1v) is 7.75. The summed E-state index contributed by atoms with van der Waals surface area (Å²) in [6.07, 6.45) is 0.498. The molecule has 1 saturated heterocycles. The maximum Gasteiger partial charge on any atom is 0.251 e. The number of carbonyl (C=O) groups is 2. The number of nitrogens with zero attached hydrogens (tertiary/aromatic N) is 1. The summed E-state index contributed by atoms with van der Waals surface area (Å²) in [5.41, 5.74) is 0.589. The fourth-order valence-corrected chi connectivity index (χ4v) is 2.74. The number of hydrogen-bond acceptors (Lipinski definition) is 3. The van der Waals surface area contributed by atoms with Crippen LogP contribution in [0.3, 0.4) is 0 Å². The van der Waals surface area contributed by atoms with Gasteiger partial charge >= 0.3 is 0 Å². The zero-order valence-electron chi connectivity index (χ0n) is 13.2. The van der Waals surface area contributed by atoms with Crippen molar-refractivity contribution in [3.63, 3.8) is 0 Å². The van der Waals surface area contributed by atoms with Gasteiger partial charge in [0.25, 0.3) is 5.91 Å². The predicted molar refractivity (Wildman–Crippen MR) is 84.3 cm³/mol. The minimum absolute atomic E-state index is 0.0365. The van der Waals surface area contributed by atoms with Gasteiger partial charge in [-0.3, -0.25) is 9.59 Å². The van der Waals surface area contributed by atoms with Gasteiger partial charge in [-0.2, -0.15) is 0 Å². The molecule has 5 heteroatoms. The Morgan fingerprint density at radius 1 is 1.27 bits per heavy atom. The number of benzene rings is 1. The van der Waals surface area contributed by atoms with Gasteiger partial charge in [0.1, 0.15) is 0 Å². The average Bonchev–Trinajstić information content (AvgIpc) is 2.90. The van der Waals surface area contributed by atoms with Crippen LogP contribution in [-0.2, 0) is 4.79 Å². The Morgan fingerprint density at radius 3 is 2.55 bits per heavy atom. The molecule has 5 nitrogen and oxygen atoms in total. The van der Waals surface area contributed by atoms with Crippen molar-refractivity contribution >= 4 is 11.8 Å². The van der Waals surface area contributed by atoms with Gasteiger partial charge in [0.2, 0.25) is 5.91 Å². The van der Waals surface area contributed by atoms with E-state index in [2.05, 4.69) is 5.32 Å². The first-order valence-electron chi connectivity index (χ1n) is 7.75. The zero-order valence-corrected chi connectivity index (χ0v) is 13.2. The van der Waals surface area contributed by atoms with E-state index in [0.29, 0.717) is 31.0 Å². The van der Waals surface area contributed by atoms with Crippen molar-refractivity contribution in [1.82, 2.24) is 10.2 Å². The van der Waals surface area contributed by atoms with E-state index in [4.69, 9.17) is 0 Å². The third-order valence-electron chi connectivity index (χ3n) is 3.96.